The minimum atomic E-state index is 0.183. The summed E-state index contributed by atoms with van der Waals surface area (Å²) in [6.07, 6.45) is 1.95. The molecule has 104 valence electrons. The van der Waals surface area contributed by atoms with Crippen LogP contribution >= 0.6 is 27.5 Å². The highest BCUT2D eigenvalue weighted by Crippen LogP contribution is 2.30. The third kappa shape index (κ3) is 3.51. The molecule has 0 aliphatic rings. The maximum absolute atomic E-state index is 6.33. The zero-order valence-corrected chi connectivity index (χ0v) is 14.3. The molecule has 0 N–H and O–H groups in total. The Balaban J connectivity index is 3.04. The fourth-order valence-electron chi connectivity index (χ4n) is 2.36. The molecular formula is C14H24BrClN2. The van der Waals surface area contributed by atoms with Crippen LogP contribution in [0.3, 0.4) is 0 Å². The molecule has 2 atom stereocenters. The summed E-state index contributed by atoms with van der Waals surface area (Å²) in [5.74, 6) is 1.06. The van der Waals surface area contributed by atoms with Crippen LogP contribution in [0.1, 0.15) is 46.0 Å². The number of rotatable bonds is 6. The van der Waals surface area contributed by atoms with Crippen LogP contribution in [0.4, 0.5) is 0 Å². The molecule has 0 bridgehead atoms. The zero-order valence-electron chi connectivity index (χ0n) is 12.0. The first-order chi connectivity index (χ1) is 8.42. The summed E-state index contributed by atoms with van der Waals surface area (Å²) in [7, 11) is 0. The number of alkyl halides is 1. The number of nitrogens with zero attached hydrogens (tertiary/aromatic N) is 2. The number of aromatic nitrogens is 2. The first-order valence-electron chi connectivity index (χ1n) is 6.80. The topological polar surface area (TPSA) is 17.8 Å². The third-order valence-electron chi connectivity index (χ3n) is 3.57. The smallest absolute Gasteiger partial charge is 0.0766 e. The first kappa shape index (κ1) is 16.0. The molecule has 2 unspecified atom stereocenters. The van der Waals surface area contributed by atoms with Gasteiger partial charge in [0.15, 0.2) is 0 Å². The van der Waals surface area contributed by atoms with Crippen LogP contribution in [-0.2, 0) is 19.4 Å². The van der Waals surface area contributed by atoms with Gasteiger partial charge in [0.2, 0.25) is 0 Å². The molecule has 1 aromatic heterocycles. The van der Waals surface area contributed by atoms with Crippen LogP contribution in [0, 0.1) is 11.8 Å². The summed E-state index contributed by atoms with van der Waals surface area (Å²) in [6.45, 7) is 11.8. The van der Waals surface area contributed by atoms with E-state index < -0.39 is 0 Å². The second-order valence-electron chi connectivity index (χ2n) is 5.17. The van der Waals surface area contributed by atoms with Crippen molar-refractivity contribution in [3.63, 3.8) is 0 Å². The van der Waals surface area contributed by atoms with Gasteiger partial charge in [-0.3, -0.25) is 4.68 Å². The number of hydrogen-bond donors (Lipinski definition) is 0. The Morgan fingerprint density at radius 1 is 1.28 bits per heavy atom. The van der Waals surface area contributed by atoms with Gasteiger partial charge < -0.3 is 0 Å². The van der Waals surface area contributed by atoms with Gasteiger partial charge in [-0.2, -0.15) is 5.10 Å². The Bertz CT molecular complexity index is 377. The Labute approximate surface area is 124 Å². The van der Waals surface area contributed by atoms with Gasteiger partial charge in [0.05, 0.1) is 15.9 Å². The highest BCUT2D eigenvalue weighted by molar-refractivity contribution is 9.10. The second kappa shape index (κ2) is 6.95. The molecule has 18 heavy (non-hydrogen) atoms. The predicted molar refractivity (Wildman–Crippen MR) is 82.3 cm³/mol. The molecule has 0 radical (unpaired) electrons. The second-order valence-corrected chi connectivity index (χ2v) is 6.65. The van der Waals surface area contributed by atoms with Crippen LogP contribution < -0.4 is 0 Å². The van der Waals surface area contributed by atoms with Crippen LogP contribution in [-0.4, -0.2) is 15.2 Å². The number of hydrogen-bond acceptors (Lipinski definition) is 1. The van der Waals surface area contributed by atoms with Crippen LogP contribution in [0.5, 0.6) is 0 Å². The summed E-state index contributed by atoms with van der Waals surface area (Å²) < 4.78 is 3.28. The van der Waals surface area contributed by atoms with Gasteiger partial charge in [0.25, 0.3) is 0 Å². The Morgan fingerprint density at radius 3 is 2.28 bits per heavy atom. The van der Waals surface area contributed by atoms with Crippen molar-refractivity contribution in [3.8, 4) is 0 Å². The molecule has 0 aliphatic heterocycles. The maximum Gasteiger partial charge on any atom is 0.0766 e. The first-order valence-corrected chi connectivity index (χ1v) is 8.03. The van der Waals surface area contributed by atoms with E-state index in [1.807, 2.05) is 0 Å². The zero-order chi connectivity index (χ0) is 13.9. The molecule has 0 aliphatic carbocycles. The van der Waals surface area contributed by atoms with E-state index in [0.29, 0.717) is 11.8 Å². The van der Waals surface area contributed by atoms with Crippen molar-refractivity contribution in [1.82, 2.24) is 9.78 Å². The maximum atomic E-state index is 6.33. The molecule has 2 nitrogen and oxygen atoms in total. The summed E-state index contributed by atoms with van der Waals surface area (Å²) in [6, 6.07) is 0. The lowest BCUT2D eigenvalue weighted by molar-refractivity contribution is 0.365. The molecule has 1 aromatic rings. The quantitative estimate of drug-likeness (QED) is 0.691. The fraction of sp³-hybridized carbons (Fsp3) is 0.786. The highest BCUT2D eigenvalue weighted by atomic mass is 79.9. The minimum Gasteiger partial charge on any atom is -0.268 e. The molecular weight excluding hydrogens is 312 g/mol. The summed E-state index contributed by atoms with van der Waals surface area (Å²) >= 11 is 10.0. The van der Waals surface area contributed by atoms with Crippen molar-refractivity contribution in [1.29, 1.82) is 0 Å². The van der Waals surface area contributed by atoms with Crippen LogP contribution in [0.25, 0.3) is 0 Å². The Kier molecular flexibility index (Phi) is 6.19. The molecule has 1 rings (SSSR count). The lowest BCUT2D eigenvalue weighted by atomic mass is 9.88. The normalized spacial score (nSPS) is 15.1. The molecule has 0 fully saturated rings. The highest BCUT2D eigenvalue weighted by Gasteiger charge is 2.24. The minimum absolute atomic E-state index is 0.183. The number of aryl methyl sites for hydroxylation is 2. The monoisotopic (exact) mass is 334 g/mol. The van der Waals surface area contributed by atoms with Crippen molar-refractivity contribution < 1.29 is 0 Å². The van der Waals surface area contributed by atoms with E-state index in [9.17, 15) is 0 Å². The van der Waals surface area contributed by atoms with Crippen molar-refractivity contribution in [2.24, 2.45) is 11.8 Å². The summed E-state index contributed by atoms with van der Waals surface area (Å²) in [4.78, 5) is 0. The van der Waals surface area contributed by atoms with Crippen molar-refractivity contribution in [2.45, 2.75) is 59.4 Å². The van der Waals surface area contributed by atoms with Crippen molar-refractivity contribution >= 4 is 27.5 Å². The lowest BCUT2D eigenvalue weighted by Crippen LogP contribution is -2.22. The molecule has 1 heterocycles. The van der Waals surface area contributed by atoms with Gasteiger partial charge in [0.1, 0.15) is 0 Å². The predicted octanol–water partition coefficient (Wildman–Crippen LogP) is 4.67. The Hall–Kier alpha value is -0.0200. The summed E-state index contributed by atoms with van der Waals surface area (Å²) in [5, 5.41) is 4.83. The van der Waals surface area contributed by atoms with Gasteiger partial charge in [-0.05, 0) is 54.5 Å². The van der Waals surface area contributed by atoms with Crippen LogP contribution in [0.15, 0.2) is 4.47 Å². The molecule has 0 saturated heterocycles. The molecule has 0 saturated carbocycles. The Morgan fingerprint density at radius 2 is 1.89 bits per heavy atom. The number of halogens is 2. The van der Waals surface area contributed by atoms with E-state index in [1.165, 1.54) is 10.2 Å². The molecule has 0 spiro atoms. The third-order valence-corrected chi connectivity index (χ3v) is 4.81. The van der Waals surface area contributed by atoms with E-state index >= 15 is 0 Å². The van der Waals surface area contributed by atoms with Gasteiger partial charge in [0, 0.05) is 11.9 Å². The largest absolute Gasteiger partial charge is 0.268 e. The van der Waals surface area contributed by atoms with E-state index in [0.717, 1.165) is 25.1 Å². The average Bonchev–Trinajstić information content (AvgIpc) is 2.61. The molecule has 0 amide bonds. The van der Waals surface area contributed by atoms with Gasteiger partial charge >= 0.3 is 0 Å². The van der Waals surface area contributed by atoms with E-state index in [1.54, 1.807) is 0 Å². The van der Waals surface area contributed by atoms with Crippen molar-refractivity contribution in [3.05, 3.63) is 15.9 Å². The fourth-order valence-corrected chi connectivity index (χ4v) is 3.47. The summed E-state index contributed by atoms with van der Waals surface area (Å²) in [5.41, 5.74) is 2.44. The van der Waals surface area contributed by atoms with Crippen LogP contribution in [0.2, 0.25) is 0 Å². The van der Waals surface area contributed by atoms with E-state index in [2.05, 4.69) is 60.3 Å². The average molecular weight is 336 g/mol. The van der Waals surface area contributed by atoms with E-state index in [4.69, 9.17) is 11.6 Å². The van der Waals surface area contributed by atoms with Gasteiger partial charge in [-0.25, -0.2) is 0 Å². The van der Waals surface area contributed by atoms with Gasteiger partial charge in [-0.1, -0.05) is 20.8 Å². The lowest BCUT2D eigenvalue weighted by Gasteiger charge is -2.23. The van der Waals surface area contributed by atoms with Crippen molar-refractivity contribution in [2.75, 3.05) is 0 Å². The van der Waals surface area contributed by atoms with Gasteiger partial charge in [-0.15, -0.1) is 11.6 Å². The SMILES string of the molecule is CCc1nn(CC)c(CC(C(C)C)C(C)Cl)c1Br. The molecule has 4 heteroatoms. The standard InChI is InChI=1S/C14H24BrClN2/c1-6-12-14(15)13(18(7-2)17-12)8-11(9(3)4)10(5)16/h9-11H,6-8H2,1-5H3. The van der Waals surface area contributed by atoms with E-state index in [-0.39, 0.29) is 5.38 Å². The molecule has 0 aromatic carbocycles.